The van der Waals surface area contributed by atoms with Gasteiger partial charge in [-0.15, -0.1) is 5.10 Å². The van der Waals surface area contributed by atoms with E-state index >= 15 is 0 Å². The Morgan fingerprint density at radius 1 is 1.37 bits per heavy atom. The maximum Gasteiger partial charge on any atom is 0.325 e. The summed E-state index contributed by atoms with van der Waals surface area (Å²) in [5.41, 5.74) is 0.130. The molecule has 0 saturated carbocycles. The average Bonchev–Trinajstić information content (AvgIpc) is 2.81. The summed E-state index contributed by atoms with van der Waals surface area (Å²) in [6.45, 7) is 0.395. The predicted molar refractivity (Wildman–Crippen MR) is 65.6 cm³/mol. The molecule has 1 aromatic heterocycles. The summed E-state index contributed by atoms with van der Waals surface area (Å²) in [7, 11) is 1.65. The summed E-state index contributed by atoms with van der Waals surface area (Å²) in [6, 6.07) is 0. The van der Waals surface area contributed by atoms with E-state index in [1.165, 1.54) is 11.1 Å². The first kappa shape index (κ1) is 15.1. The van der Waals surface area contributed by atoms with Gasteiger partial charge in [0.15, 0.2) is 5.69 Å². The minimum Gasteiger partial charge on any atom is -0.480 e. The zero-order valence-electron chi connectivity index (χ0n) is 10.8. The number of amides is 1. The number of nitrogens with zero attached hydrogens (tertiary/aromatic N) is 4. The number of aromatic nitrogens is 3. The molecule has 8 heteroatoms. The second kappa shape index (κ2) is 7.47. The van der Waals surface area contributed by atoms with Crippen molar-refractivity contribution in [3.05, 3.63) is 11.9 Å². The SMILES string of the molecule is CN(CCCCCO)C(=O)c1cn(CC(=O)O)nn1. The third-order valence-corrected chi connectivity index (χ3v) is 2.55. The summed E-state index contributed by atoms with van der Waals surface area (Å²) in [6.07, 6.45) is 3.68. The van der Waals surface area contributed by atoms with Crippen LogP contribution in [0.1, 0.15) is 29.8 Å². The maximum atomic E-state index is 11.9. The van der Waals surface area contributed by atoms with Crippen molar-refractivity contribution in [1.82, 2.24) is 19.9 Å². The van der Waals surface area contributed by atoms with E-state index in [0.717, 1.165) is 23.9 Å². The molecule has 0 radical (unpaired) electrons. The van der Waals surface area contributed by atoms with Gasteiger partial charge in [-0.05, 0) is 19.3 Å². The van der Waals surface area contributed by atoms with E-state index < -0.39 is 5.97 Å². The van der Waals surface area contributed by atoms with Crippen molar-refractivity contribution in [3.8, 4) is 0 Å². The fourth-order valence-electron chi connectivity index (χ4n) is 1.55. The topological polar surface area (TPSA) is 109 Å². The minimum absolute atomic E-state index is 0.130. The number of carbonyl (C=O) groups excluding carboxylic acids is 1. The van der Waals surface area contributed by atoms with Crippen LogP contribution >= 0.6 is 0 Å². The van der Waals surface area contributed by atoms with Crippen LogP contribution in [0.15, 0.2) is 6.20 Å². The Balaban J connectivity index is 2.47. The van der Waals surface area contributed by atoms with Gasteiger partial charge in [0.05, 0.1) is 6.20 Å². The molecule has 19 heavy (non-hydrogen) atoms. The maximum absolute atomic E-state index is 11.9. The van der Waals surface area contributed by atoms with Crippen molar-refractivity contribution in [1.29, 1.82) is 0 Å². The highest BCUT2D eigenvalue weighted by molar-refractivity contribution is 5.91. The first-order valence-corrected chi connectivity index (χ1v) is 6.03. The molecule has 0 unspecified atom stereocenters. The molecule has 0 aliphatic carbocycles. The fourth-order valence-corrected chi connectivity index (χ4v) is 1.55. The Bertz CT molecular complexity index is 432. The number of aliphatic carboxylic acids is 1. The minimum atomic E-state index is -1.04. The summed E-state index contributed by atoms with van der Waals surface area (Å²) in [5.74, 6) is -1.33. The summed E-state index contributed by atoms with van der Waals surface area (Å²) >= 11 is 0. The van der Waals surface area contributed by atoms with Crippen molar-refractivity contribution in [3.63, 3.8) is 0 Å². The fraction of sp³-hybridized carbons (Fsp3) is 0.636. The van der Waals surface area contributed by atoms with Crippen LogP contribution in [0.4, 0.5) is 0 Å². The molecule has 0 spiro atoms. The molecular weight excluding hydrogens is 252 g/mol. The van der Waals surface area contributed by atoms with Crippen molar-refractivity contribution in [2.45, 2.75) is 25.8 Å². The largest absolute Gasteiger partial charge is 0.480 e. The average molecular weight is 270 g/mol. The molecule has 0 saturated heterocycles. The van der Waals surface area contributed by atoms with Crippen LogP contribution in [0.2, 0.25) is 0 Å². The molecule has 1 heterocycles. The van der Waals surface area contributed by atoms with Gasteiger partial charge >= 0.3 is 5.97 Å². The number of rotatable bonds is 8. The molecule has 0 aliphatic rings. The molecule has 0 aliphatic heterocycles. The zero-order chi connectivity index (χ0) is 14.3. The molecule has 1 amide bonds. The lowest BCUT2D eigenvalue weighted by Crippen LogP contribution is -2.28. The van der Waals surface area contributed by atoms with Crippen LogP contribution in [0.3, 0.4) is 0 Å². The Morgan fingerprint density at radius 3 is 2.74 bits per heavy atom. The van der Waals surface area contributed by atoms with Crippen LogP contribution in [-0.2, 0) is 11.3 Å². The first-order chi connectivity index (χ1) is 9.04. The quantitative estimate of drug-likeness (QED) is 0.622. The van der Waals surface area contributed by atoms with Gasteiger partial charge in [0.2, 0.25) is 0 Å². The van der Waals surface area contributed by atoms with E-state index in [-0.39, 0.29) is 24.8 Å². The predicted octanol–water partition coefficient (Wildman–Crippen LogP) is -0.403. The lowest BCUT2D eigenvalue weighted by atomic mass is 10.2. The molecule has 0 aromatic carbocycles. The first-order valence-electron chi connectivity index (χ1n) is 6.03. The lowest BCUT2D eigenvalue weighted by Gasteiger charge is -2.14. The zero-order valence-corrected chi connectivity index (χ0v) is 10.8. The third kappa shape index (κ3) is 5.04. The highest BCUT2D eigenvalue weighted by Gasteiger charge is 2.15. The molecular formula is C11H18N4O4. The van der Waals surface area contributed by atoms with Crippen molar-refractivity contribution in [2.24, 2.45) is 0 Å². The standard InChI is InChI=1S/C11H18N4O4/c1-14(5-3-2-4-6-16)11(19)9-7-15(13-12-9)8-10(17)18/h7,16H,2-6,8H2,1H3,(H,17,18). The number of aliphatic hydroxyl groups is 1. The second-order valence-electron chi connectivity index (χ2n) is 4.21. The number of carboxylic acids is 1. The van der Waals surface area contributed by atoms with E-state index in [0.29, 0.717) is 6.54 Å². The van der Waals surface area contributed by atoms with Gasteiger partial charge in [-0.3, -0.25) is 9.59 Å². The number of hydrogen-bond acceptors (Lipinski definition) is 5. The van der Waals surface area contributed by atoms with Gasteiger partial charge in [0.1, 0.15) is 6.54 Å². The molecule has 1 aromatic rings. The van der Waals surface area contributed by atoms with Crippen LogP contribution in [0.25, 0.3) is 0 Å². The van der Waals surface area contributed by atoms with Crippen LogP contribution in [0.5, 0.6) is 0 Å². The van der Waals surface area contributed by atoms with Gasteiger partial charge in [-0.1, -0.05) is 5.21 Å². The normalized spacial score (nSPS) is 10.4. The number of carbonyl (C=O) groups is 2. The van der Waals surface area contributed by atoms with E-state index in [1.807, 2.05) is 0 Å². The number of carboxylic acid groups (broad SMARTS) is 1. The molecule has 106 valence electrons. The number of unbranched alkanes of at least 4 members (excludes halogenated alkanes) is 2. The van der Waals surface area contributed by atoms with E-state index in [4.69, 9.17) is 10.2 Å². The van der Waals surface area contributed by atoms with Gasteiger partial charge in [-0.2, -0.15) is 0 Å². The van der Waals surface area contributed by atoms with E-state index in [9.17, 15) is 9.59 Å². The number of aliphatic hydroxyl groups excluding tert-OH is 1. The Hall–Kier alpha value is -1.96. The van der Waals surface area contributed by atoms with Crippen LogP contribution in [-0.4, -0.2) is 62.2 Å². The van der Waals surface area contributed by atoms with Crippen molar-refractivity contribution >= 4 is 11.9 Å². The third-order valence-electron chi connectivity index (χ3n) is 2.55. The molecule has 1 rings (SSSR count). The van der Waals surface area contributed by atoms with Gasteiger partial charge in [0, 0.05) is 20.2 Å². The highest BCUT2D eigenvalue weighted by Crippen LogP contribution is 2.02. The number of hydrogen-bond donors (Lipinski definition) is 2. The second-order valence-corrected chi connectivity index (χ2v) is 4.21. The smallest absolute Gasteiger partial charge is 0.325 e. The van der Waals surface area contributed by atoms with Gasteiger partial charge in [-0.25, -0.2) is 4.68 Å². The molecule has 0 bridgehead atoms. The van der Waals surface area contributed by atoms with Crippen molar-refractivity contribution in [2.75, 3.05) is 20.2 Å². The van der Waals surface area contributed by atoms with Crippen LogP contribution < -0.4 is 0 Å². The Labute approximate surface area is 110 Å². The molecule has 2 N–H and O–H groups in total. The Kier molecular flexibility index (Phi) is 5.94. The van der Waals surface area contributed by atoms with Gasteiger partial charge in [0.25, 0.3) is 5.91 Å². The molecule has 0 atom stereocenters. The monoisotopic (exact) mass is 270 g/mol. The summed E-state index contributed by atoms with van der Waals surface area (Å²) in [4.78, 5) is 23.9. The Morgan fingerprint density at radius 2 is 2.11 bits per heavy atom. The van der Waals surface area contributed by atoms with Crippen molar-refractivity contribution < 1.29 is 19.8 Å². The molecule has 8 nitrogen and oxygen atoms in total. The lowest BCUT2D eigenvalue weighted by molar-refractivity contribution is -0.137. The van der Waals surface area contributed by atoms with E-state index in [1.54, 1.807) is 7.05 Å². The highest BCUT2D eigenvalue weighted by atomic mass is 16.4. The molecule has 0 fully saturated rings. The summed E-state index contributed by atoms with van der Waals surface area (Å²) < 4.78 is 1.11. The van der Waals surface area contributed by atoms with Crippen LogP contribution in [0, 0.1) is 0 Å². The van der Waals surface area contributed by atoms with E-state index in [2.05, 4.69) is 10.3 Å². The van der Waals surface area contributed by atoms with Gasteiger partial charge < -0.3 is 15.1 Å². The summed E-state index contributed by atoms with van der Waals surface area (Å²) in [5, 5.41) is 24.5.